The number of hydrogen-bond donors (Lipinski definition) is 3. The fourth-order valence-corrected chi connectivity index (χ4v) is 3.52. The molecule has 7 nitrogen and oxygen atoms in total. The van der Waals surface area contributed by atoms with E-state index in [4.69, 9.17) is 9.15 Å². The Balaban J connectivity index is 1.57. The number of thiophene rings is 1. The molecule has 1 aromatic carbocycles. The van der Waals surface area contributed by atoms with Gasteiger partial charge in [-0.2, -0.15) is 0 Å². The monoisotopic (exact) mass is 400 g/mol. The summed E-state index contributed by atoms with van der Waals surface area (Å²) in [5, 5.41) is 15.4. The molecule has 1 unspecified atom stereocenters. The van der Waals surface area contributed by atoms with Crippen LogP contribution in [0.25, 0.3) is 0 Å². The predicted molar refractivity (Wildman–Crippen MR) is 105 cm³/mol. The van der Waals surface area contributed by atoms with Gasteiger partial charge in [0.05, 0.1) is 25.6 Å². The zero-order valence-corrected chi connectivity index (χ0v) is 16.2. The Hall–Kier alpha value is -3.10. The molecule has 0 fully saturated rings. The van der Waals surface area contributed by atoms with Gasteiger partial charge in [0.1, 0.15) is 17.6 Å². The van der Waals surface area contributed by atoms with Crippen molar-refractivity contribution >= 4 is 28.8 Å². The molecular weight excluding hydrogens is 380 g/mol. The third kappa shape index (κ3) is 4.59. The third-order valence-electron chi connectivity index (χ3n) is 4.00. The molecule has 28 heavy (non-hydrogen) atoms. The van der Waals surface area contributed by atoms with Crippen LogP contribution >= 0.6 is 11.3 Å². The van der Waals surface area contributed by atoms with Crippen LogP contribution in [-0.2, 0) is 16.1 Å². The molecule has 3 N–H and O–H groups in total. The molecule has 0 saturated carbocycles. The highest BCUT2D eigenvalue weighted by atomic mass is 32.1. The number of aliphatic hydroxyl groups excluding tert-OH is 1. The fraction of sp³-hybridized carbons (Fsp3) is 0.200. The average Bonchev–Trinajstić information content (AvgIpc) is 3.38. The lowest BCUT2D eigenvalue weighted by Crippen LogP contribution is -2.34. The summed E-state index contributed by atoms with van der Waals surface area (Å²) in [6.07, 6.45) is 0.635. The van der Waals surface area contributed by atoms with Crippen LogP contribution < -0.4 is 15.4 Å². The van der Waals surface area contributed by atoms with Crippen molar-refractivity contribution in [3.8, 4) is 5.75 Å². The summed E-state index contributed by atoms with van der Waals surface area (Å²) in [4.78, 5) is 25.8. The molecule has 2 amide bonds. The number of carbonyl (C=O) groups excluding carboxylic acids is 2. The van der Waals surface area contributed by atoms with Gasteiger partial charge >= 0.3 is 11.8 Å². The Bertz CT molecular complexity index is 965. The number of rotatable bonds is 6. The largest absolute Gasteiger partial charge is 0.495 e. The Morgan fingerprint density at radius 3 is 2.75 bits per heavy atom. The first-order chi connectivity index (χ1) is 13.5. The van der Waals surface area contributed by atoms with Crippen molar-refractivity contribution in [2.24, 2.45) is 0 Å². The van der Waals surface area contributed by atoms with Gasteiger partial charge in [-0.3, -0.25) is 9.59 Å². The SMILES string of the molecule is COc1ccc(C)cc1NC(=O)C(=O)NCc1ccc(C(O)c2ccco2)s1. The molecule has 3 rings (SSSR count). The number of ether oxygens (including phenoxy) is 1. The van der Waals surface area contributed by atoms with E-state index in [0.29, 0.717) is 22.1 Å². The molecule has 0 bridgehead atoms. The van der Waals surface area contributed by atoms with E-state index >= 15 is 0 Å². The van der Waals surface area contributed by atoms with Gasteiger partial charge in [0, 0.05) is 9.75 Å². The Morgan fingerprint density at radius 2 is 2.04 bits per heavy atom. The number of carbonyl (C=O) groups is 2. The Labute approximate surface area is 166 Å². The number of benzene rings is 1. The van der Waals surface area contributed by atoms with E-state index in [0.717, 1.165) is 10.4 Å². The smallest absolute Gasteiger partial charge is 0.313 e. The second-order valence-electron chi connectivity index (χ2n) is 6.06. The second kappa shape index (κ2) is 8.73. The van der Waals surface area contributed by atoms with Crippen LogP contribution in [-0.4, -0.2) is 24.0 Å². The van der Waals surface area contributed by atoms with Gasteiger partial charge in [-0.1, -0.05) is 6.07 Å². The maximum Gasteiger partial charge on any atom is 0.313 e. The van der Waals surface area contributed by atoms with Crippen LogP contribution in [0.3, 0.4) is 0 Å². The summed E-state index contributed by atoms with van der Waals surface area (Å²) in [6.45, 7) is 2.05. The number of aliphatic hydroxyl groups is 1. The minimum Gasteiger partial charge on any atom is -0.495 e. The molecule has 0 spiro atoms. The lowest BCUT2D eigenvalue weighted by Gasteiger charge is -2.11. The van der Waals surface area contributed by atoms with E-state index in [9.17, 15) is 14.7 Å². The molecule has 2 aromatic heterocycles. The van der Waals surface area contributed by atoms with Crippen molar-refractivity contribution < 1.29 is 23.8 Å². The number of hydrogen-bond acceptors (Lipinski definition) is 6. The molecule has 146 valence electrons. The van der Waals surface area contributed by atoms with Crippen molar-refractivity contribution in [1.82, 2.24) is 5.32 Å². The van der Waals surface area contributed by atoms with Gasteiger partial charge in [-0.25, -0.2) is 0 Å². The maximum atomic E-state index is 12.2. The molecule has 0 aliphatic rings. The Morgan fingerprint density at radius 1 is 1.21 bits per heavy atom. The normalized spacial score (nSPS) is 11.7. The molecule has 0 aliphatic heterocycles. The summed E-state index contributed by atoms with van der Waals surface area (Å²) in [6, 6.07) is 12.2. The topological polar surface area (TPSA) is 101 Å². The highest BCUT2D eigenvalue weighted by Gasteiger charge is 2.18. The molecule has 0 saturated heterocycles. The van der Waals surface area contributed by atoms with Crippen molar-refractivity contribution in [2.75, 3.05) is 12.4 Å². The quantitative estimate of drug-likeness (QED) is 0.552. The predicted octanol–water partition coefficient (Wildman–Crippen LogP) is 2.99. The standard InChI is InChI=1S/C20H20N2O5S/c1-12-5-7-15(26-2)14(10-12)22-20(25)19(24)21-11-13-6-8-17(28-13)18(23)16-4-3-9-27-16/h3-10,18,23H,11H2,1-2H3,(H,21,24)(H,22,25). The second-order valence-corrected chi connectivity index (χ2v) is 7.26. The number of methoxy groups -OCH3 is 1. The highest BCUT2D eigenvalue weighted by Crippen LogP contribution is 2.29. The summed E-state index contributed by atoms with van der Waals surface area (Å²) in [5.41, 5.74) is 1.36. The van der Waals surface area contributed by atoms with Crippen LogP contribution in [0.5, 0.6) is 5.75 Å². The average molecular weight is 400 g/mol. The molecule has 2 heterocycles. The first-order valence-corrected chi connectivity index (χ1v) is 9.33. The number of amides is 2. The zero-order chi connectivity index (χ0) is 20.1. The minimum absolute atomic E-state index is 0.173. The van der Waals surface area contributed by atoms with Crippen LogP contribution in [0, 0.1) is 6.92 Å². The molecular formula is C20H20N2O5S. The van der Waals surface area contributed by atoms with Crippen molar-refractivity contribution in [1.29, 1.82) is 0 Å². The molecule has 0 radical (unpaired) electrons. The van der Waals surface area contributed by atoms with Crippen LogP contribution in [0.2, 0.25) is 0 Å². The molecule has 0 aliphatic carbocycles. The van der Waals surface area contributed by atoms with Crippen LogP contribution in [0.15, 0.2) is 53.1 Å². The Kier molecular flexibility index (Phi) is 6.13. The molecule has 1 atom stereocenters. The van der Waals surface area contributed by atoms with E-state index in [-0.39, 0.29) is 6.54 Å². The van der Waals surface area contributed by atoms with E-state index in [1.807, 2.05) is 13.0 Å². The van der Waals surface area contributed by atoms with Gasteiger partial charge in [0.25, 0.3) is 0 Å². The highest BCUT2D eigenvalue weighted by molar-refractivity contribution is 7.12. The van der Waals surface area contributed by atoms with Crippen molar-refractivity contribution in [2.45, 2.75) is 19.6 Å². The summed E-state index contributed by atoms with van der Waals surface area (Å²) < 4.78 is 10.4. The first-order valence-electron chi connectivity index (χ1n) is 8.52. The third-order valence-corrected chi connectivity index (χ3v) is 5.13. The van der Waals surface area contributed by atoms with Crippen molar-refractivity contribution in [3.05, 3.63) is 69.8 Å². The summed E-state index contributed by atoms with van der Waals surface area (Å²) in [7, 11) is 1.49. The van der Waals surface area contributed by atoms with Gasteiger partial charge < -0.3 is 24.9 Å². The zero-order valence-electron chi connectivity index (χ0n) is 15.4. The van der Waals surface area contributed by atoms with E-state index < -0.39 is 17.9 Å². The van der Waals surface area contributed by atoms with E-state index in [2.05, 4.69) is 10.6 Å². The number of nitrogens with one attached hydrogen (secondary N) is 2. The number of furan rings is 1. The van der Waals surface area contributed by atoms with Crippen LogP contribution in [0.4, 0.5) is 5.69 Å². The van der Waals surface area contributed by atoms with Gasteiger partial charge in [-0.15, -0.1) is 11.3 Å². The minimum atomic E-state index is -0.860. The fourth-order valence-electron chi connectivity index (χ4n) is 2.57. The summed E-state index contributed by atoms with van der Waals surface area (Å²) in [5.74, 6) is -0.619. The number of aryl methyl sites for hydroxylation is 1. The lowest BCUT2D eigenvalue weighted by atomic mass is 10.2. The number of anilines is 1. The van der Waals surface area contributed by atoms with Gasteiger partial charge in [0.2, 0.25) is 0 Å². The van der Waals surface area contributed by atoms with Gasteiger partial charge in [0.15, 0.2) is 0 Å². The summed E-state index contributed by atoms with van der Waals surface area (Å²) >= 11 is 1.33. The van der Waals surface area contributed by atoms with E-state index in [1.165, 1.54) is 24.7 Å². The van der Waals surface area contributed by atoms with E-state index in [1.54, 1.807) is 36.4 Å². The lowest BCUT2D eigenvalue weighted by molar-refractivity contribution is -0.136. The molecule has 8 heteroatoms. The van der Waals surface area contributed by atoms with Gasteiger partial charge in [-0.05, 0) is 48.9 Å². The van der Waals surface area contributed by atoms with Crippen LogP contribution in [0.1, 0.15) is 27.2 Å². The van der Waals surface area contributed by atoms with Crippen molar-refractivity contribution in [3.63, 3.8) is 0 Å². The maximum absolute atomic E-state index is 12.2. The first kappa shape index (κ1) is 19.7. The molecule has 3 aromatic rings.